The Morgan fingerprint density at radius 1 is 1.25 bits per heavy atom. The Morgan fingerprint density at radius 3 is 2.70 bits per heavy atom. The number of carbonyl (C=O) groups excluding carboxylic acids is 1. The Bertz CT molecular complexity index is 628. The Kier molecular flexibility index (Phi) is 4.53. The lowest BCUT2D eigenvalue weighted by Gasteiger charge is -2.11. The van der Waals surface area contributed by atoms with Crippen LogP contribution in [0.4, 0.5) is 10.5 Å². The Labute approximate surface area is 121 Å². The number of hydrogen-bond acceptors (Lipinski definition) is 4. The molecule has 0 aliphatic heterocycles. The predicted octanol–water partition coefficient (Wildman–Crippen LogP) is 4.03. The zero-order chi connectivity index (χ0) is 14.5. The van der Waals surface area contributed by atoms with E-state index in [9.17, 15) is 9.90 Å². The third kappa shape index (κ3) is 3.45. The van der Waals surface area contributed by atoms with Gasteiger partial charge in [-0.3, -0.25) is 4.79 Å². The summed E-state index contributed by atoms with van der Waals surface area (Å²) < 4.78 is 5.20. The molecule has 0 heterocycles. The highest BCUT2D eigenvalue weighted by Crippen LogP contribution is 2.31. The van der Waals surface area contributed by atoms with Gasteiger partial charge in [0.05, 0.1) is 17.7 Å². The highest BCUT2D eigenvalue weighted by atomic mass is 32.2. The van der Waals surface area contributed by atoms with E-state index < -0.39 is 0 Å². The average Bonchev–Trinajstić information content (AvgIpc) is 2.41. The number of ether oxygens (including phenoxy) is 1. The van der Waals surface area contributed by atoms with Gasteiger partial charge >= 0.3 is 0 Å². The van der Waals surface area contributed by atoms with Crippen LogP contribution >= 0.6 is 11.8 Å². The highest BCUT2D eigenvalue weighted by Gasteiger charge is 2.11. The minimum atomic E-state index is -0.282. The van der Waals surface area contributed by atoms with Crippen LogP contribution in [-0.2, 0) is 0 Å². The lowest BCUT2D eigenvalue weighted by molar-refractivity contribution is 0.269. The number of rotatable bonds is 3. The van der Waals surface area contributed by atoms with E-state index in [4.69, 9.17) is 4.74 Å². The number of methoxy groups -OCH3 is 1. The Balaban J connectivity index is 2.12. The van der Waals surface area contributed by atoms with Crippen molar-refractivity contribution in [1.29, 1.82) is 0 Å². The van der Waals surface area contributed by atoms with Gasteiger partial charge in [-0.05, 0) is 48.5 Å². The predicted molar refractivity (Wildman–Crippen MR) is 80.7 cm³/mol. The number of phenolic OH excluding ortho intramolecular Hbond substituents is 1. The second-order valence-electron chi connectivity index (χ2n) is 4.19. The molecule has 0 unspecified atom stereocenters. The molecule has 2 aromatic rings. The SMILES string of the molecule is COc1ccc(C)cc1NC(=O)Sc1ccccc1O. The van der Waals surface area contributed by atoms with Gasteiger partial charge in [0.2, 0.25) is 0 Å². The number of nitrogens with one attached hydrogen (secondary N) is 1. The molecule has 4 nitrogen and oxygen atoms in total. The third-order valence-corrected chi connectivity index (χ3v) is 3.51. The molecule has 0 saturated heterocycles. The molecule has 2 aromatic carbocycles. The van der Waals surface area contributed by atoms with Gasteiger partial charge in [-0.2, -0.15) is 0 Å². The maximum Gasteiger partial charge on any atom is 0.288 e. The summed E-state index contributed by atoms with van der Waals surface area (Å²) in [5.41, 5.74) is 1.63. The molecule has 0 spiro atoms. The van der Waals surface area contributed by atoms with Crippen LogP contribution in [0.25, 0.3) is 0 Å². The quantitative estimate of drug-likeness (QED) is 0.837. The van der Waals surface area contributed by atoms with Crippen LogP contribution in [0.5, 0.6) is 11.5 Å². The van der Waals surface area contributed by atoms with Crippen molar-refractivity contribution in [1.82, 2.24) is 0 Å². The minimum absolute atomic E-state index is 0.0869. The number of aryl methyl sites for hydroxylation is 1. The van der Waals surface area contributed by atoms with Crippen molar-refractivity contribution in [3.63, 3.8) is 0 Å². The summed E-state index contributed by atoms with van der Waals surface area (Å²) in [6.45, 7) is 1.94. The first-order chi connectivity index (χ1) is 9.60. The normalized spacial score (nSPS) is 10.1. The van der Waals surface area contributed by atoms with Gasteiger partial charge in [0.15, 0.2) is 0 Å². The van der Waals surface area contributed by atoms with E-state index in [1.165, 1.54) is 0 Å². The van der Waals surface area contributed by atoms with Crippen molar-refractivity contribution >= 4 is 22.7 Å². The van der Waals surface area contributed by atoms with Crippen LogP contribution < -0.4 is 10.1 Å². The maximum absolute atomic E-state index is 12.0. The number of aromatic hydroxyl groups is 1. The van der Waals surface area contributed by atoms with Gasteiger partial charge in [-0.25, -0.2) is 0 Å². The van der Waals surface area contributed by atoms with E-state index in [1.54, 1.807) is 37.4 Å². The molecule has 2 rings (SSSR count). The number of anilines is 1. The molecule has 0 bridgehead atoms. The molecule has 0 aliphatic rings. The summed E-state index contributed by atoms with van der Waals surface area (Å²) in [6, 6.07) is 12.3. The molecule has 0 fully saturated rings. The summed E-state index contributed by atoms with van der Waals surface area (Å²) >= 11 is 0.935. The second kappa shape index (κ2) is 6.34. The monoisotopic (exact) mass is 289 g/mol. The van der Waals surface area contributed by atoms with Crippen molar-refractivity contribution < 1.29 is 14.6 Å². The van der Waals surface area contributed by atoms with Crippen LogP contribution in [0, 0.1) is 6.92 Å². The number of hydrogen-bond donors (Lipinski definition) is 2. The molecule has 0 saturated carbocycles. The van der Waals surface area contributed by atoms with Crippen LogP contribution in [0.15, 0.2) is 47.4 Å². The minimum Gasteiger partial charge on any atom is -0.507 e. The fourth-order valence-electron chi connectivity index (χ4n) is 1.70. The van der Waals surface area contributed by atoms with Crippen molar-refractivity contribution in [2.75, 3.05) is 12.4 Å². The van der Waals surface area contributed by atoms with E-state index >= 15 is 0 Å². The van der Waals surface area contributed by atoms with Gasteiger partial charge in [-0.1, -0.05) is 18.2 Å². The number of para-hydroxylation sites is 1. The Hall–Kier alpha value is -2.14. The lowest BCUT2D eigenvalue weighted by atomic mass is 10.2. The molecule has 20 heavy (non-hydrogen) atoms. The highest BCUT2D eigenvalue weighted by molar-refractivity contribution is 8.14. The topological polar surface area (TPSA) is 58.6 Å². The van der Waals surface area contributed by atoms with E-state index in [0.29, 0.717) is 16.3 Å². The smallest absolute Gasteiger partial charge is 0.288 e. The van der Waals surface area contributed by atoms with Crippen molar-refractivity contribution in [3.05, 3.63) is 48.0 Å². The standard InChI is InChI=1S/C15H15NO3S/c1-10-7-8-13(19-2)11(9-10)16-15(18)20-14-6-4-3-5-12(14)17/h3-9,17H,1-2H3,(H,16,18). The first-order valence-electron chi connectivity index (χ1n) is 6.01. The molecule has 0 atom stereocenters. The van der Waals surface area contributed by atoms with Crippen LogP contribution in [0.3, 0.4) is 0 Å². The number of thioether (sulfide) groups is 1. The molecule has 104 valence electrons. The zero-order valence-electron chi connectivity index (χ0n) is 11.2. The fourth-order valence-corrected chi connectivity index (χ4v) is 2.38. The van der Waals surface area contributed by atoms with Crippen molar-refractivity contribution in [3.8, 4) is 11.5 Å². The number of carbonyl (C=O) groups is 1. The van der Waals surface area contributed by atoms with Gasteiger partial charge in [-0.15, -0.1) is 0 Å². The van der Waals surface area contributed by atoms with Crippen molar-refractivity contribution in [2.24, 2.45) is 0 Å². The number of benzene rings is 2. The summed E-state index contributed by atoms with van der Waals surface area (Å²) in [5.74, 6) is 0.686. The second-order valence-corrected chi connectivity index (χ2v) is 5.20. The summed E-state index contributed by atoms with van der Waals surface area (Å²) in [7, 11) is 1.55. The van der Waals surface area contributed by atoms with Gasteiger partial charge in [0.25, 0.3) is 5.24 Å². The molecule has 0 aliphatic carbocycles. The first-order valence-corrected chi connectivity index (χ1v) is 6.83. The molecule has 5 heteroatoms. The number of amides is 1. The Morgan fingerprint density at radius 2 is 2.00 bits per heavy atom. The molecule has 0 radical (unpaired) electrons. The van der Waals surface area contributed by atoms with E-state index in [0.717, 1.165) is 17.3 Å². The van der Waals surface area contributed by atoms with Gasteiger partial charge in [0, 0.05) is 0 Å². The summed E-state index contributed by atoms with van der Waals surface area (Å²) in [6.07, 6.45) is 0. The van der Waals surface area contributed by atoms with Crippen LogP contribution in [0.1, 0.15) is 5.56 Å². The molecule has 1 amide bonds. The largest absolute Gasteiger partial charge is 0.507 e. The van der Waals surface area contributed by atoms with E-state index in [2.05, 4.69) is 5.32 Å². The molecule has 2 N–H and O–H groups in total. The summed E-state index contributed by atoms with van der Waals surface area (Å²) in [5, 5.41) is 12.1. The van der Waals surface area contributed by atoms with E-state index in [-0.39, 0.29) is 11.0 Å². The molecule has 0 aromatic heterocycles. The van der Waals surface area contributed by atoms with Crippen LogP contribution in [0.2, 0.25) is 0 Å². The summed E-state index contributed by atoms with van der Waals surface area (Å²) in [4.78, 5) is 12.5. The first kappa shape index (κ1) is 14.3. The zero-order valence-corrected chi connectivity index (χ0v) is 12.0. The molecular weight excluding hydrogens is 274 g/mol. The maximum atomic E-state index is 12.0. The third-order valence-electron chi connectivity index (χ3n) is 2.66. The average molecular weight is 289 g/mol. The van der Waals surface area contributed by atoms with Gasteiger partial charge in [0.1, 0.15) is 11.5 Å². The molecular formula is C15H15NO3S. The number of phenols is 1. The van der Waals surface area contributed by atoms with Gasteiger partial charge < -0.3 is 15.2 Å². The lowest BCUT2D eigenvalue weighted by Crippen LogP contribution is -2.06. The fraction of sp³-hybridized carbons (Fsp3) is 0.133. The van der Waals surface area contributed by atoms with E-state index in [1.807, 2.05) is 19.1 Å². The van der Waals surface area contributed by atoms with Crippen molar-refractivity contribution in [2.45, 2.75) is 11.8 Å². The van der Waals surface area contributed by atoms with Crippen LogP contribution in [-0.4, -0.2) is 17.5 Å².